The Morgan fingerprint density at radius 2 is 1.05 bits per heavy atom. The molecule has 0 saturated carbocycles. The molecular formula is C18H12O2. The van der Waals surface area contributed by atoms with Gasteiger partial charge in [0, 0.05) is 11.1 Å². The topological polar surface area (TPSA) is 26.3 Å². The van der Waals surface area contributed by atoms with Crippen molar-refractivity contribution in [3.63, 3.8) is 0 Å². The number of hydrogen-bond donors (Lipinski definition) is 0. The predicted octanol–water partition coefficient (Wildman–Crippen LogP) is 5.36. The highest BCUT2D eigenvalue weighted by Gasteiger charge is 2.05. The Hall–Kier alpha value is -2.74. The summed E-state index contributed by atoms with van der Waals surface area (Å²) in [4.78, 5) is 0. The quantitative estimate of drug-likeness (QED) is 0.485. The highest BCUT2D eigenvalue weighted by Crippen LogP contribution is 2.28. The van der Waals surface area contributed by atoms with E-state index in [2.05, 4.69) is 36.4 Å². The Kier molecular flexibility index (Phi) is 2.46. The van der Waals surface area contributed by atoms with Gasteiger partial charge in [-0.1, -0.05) is 24.3 Å². The van der Waals surface area contributed by atoms with Crippen LogP contribution in [-0.2, 0) is 0 Å². The van der Waals surface area contributed by atoms with Crippen LogP contribution < -0.4 is 0 Å². The van der Waals surface area contributed by atoms with Gasteiger partial charge in [0.15, 0.2) is 0 Å². The van der Waals surface area contributed by atoms with Gasteiger partial charge in [0.25, 0.3) is 0 Å². The summed E-state index contributed by atoms with van der Waals surface area (Å²) in [6, 6.07) is 20.4. The summed E-state index contributed by atoms with van der Waals surface area (Å²) in [6.45, 7) is 0. The molecule has 2 nitrogen and oxygen atoms in total. The molecule has 2 heterocycles. The fourth-order valence-corrected chi connectivity index (χ4v) is 2.44. The summed E-state index contributed by atoms with van der Waals surface area (Å²) < 4.78 is 10.9. The van der Waals surface area contributed by atoms with E-state index in [0.717, 1.165) is 22.6 Å². The number of fused-ring (bicyclic) bond motifs is 1. The molecule has 0 amide bonds. The van der Waals surface area contributed by atoms with Gasteiger partial charge in [-0.25, -0.2) is 0 Å². The first-order chi connectivity index (χ1) is 9.90. The van der Waals surface area contributed by atoms with Gasteiger partial charge in [0.1, 0.15) is 11.5 Å². The van der Waals surface area contributed by atoms with Crippen molar-refractivity contribution >= 4 is 10.8 Å². The molecule has 96 valence electrons. The first kappa shape index (κ1) is 11.1. The fourth-order valence-electron chi connectivity index (χ4n) is 2.44. The molecule has 2 aromatic carbocycles. The highest BCUT2D eigenvalue weighted by atomic mass is 16.3. The molecule has 0 aliphatic rings. The molecule has 0 bridgehead atoms. The summed E-state index contributed by atoms with van der Waals surface area (Å²) in [6.07, 6.45) is 3.39. The average Bonchev–Trinajstić information content (AvgIpc) is 3.19. The summed E-state index contributed by atoms with van der Waals surface area (Å²) >= 11 is 0. The third kappa shape index (κ3) is 1.82. The van der Waals surface area contributed by atoms with Crippen LogP contribution in [0.3, 0.4) is 0 Å². The maximum atomic E-state index is 5.44. The third-order valence-electron chi connectivity index (χ3n) is 3.45. The predicted molar refractivity (Wildman–Crippen MR) is 79.4 cm³/mol. The molecule has 4 rings (SSSR count). The van der Waals surface area contributed by atoms with Gasteiger partial charge in [-0.2, -0.15) is 0 Å². The average molecular weight is 260 g/mol. The summed E-state index contributed by atoms with van der Waals surface area (Å²) in [5, 5.41) is 2.38. The van der Waals surface area contributed by atoms with Crippen LogP contribution in [0.4, 0.5) is 0 Å². The summed E-state index contributed by atoms with van der Waals surface area (Å²) in [5.41, 5.74) is 2.18. The lowest BCUT2D eigenvalue weighted by molar-refractivity contribution is 0.582. The van der Waals surface area contributed by atoms with Crippen molar-refractivity contribution in [1.82, 2.24) is 0 Å². The molecule has 0 N–H and O–H groups in total. The van der Waals surface area contributed by atoms with Crippen LogP contribution in [-0.4, -0.2) is 0 Å². The lowest BCUT2D eigenvalue weighted by atomic mass is 10.0. The highest BCUT2D eigenvalue weighted by molar-refractivity contribution is 5.89. The minimum atomic E-state index is 0.891. The maximum absolute atomic E-state index is 5.44. The molecule has 0 fully saturated rings. The third-order valence-corrected chi connectivity index (χ3v) is 3.45. The molecular weight excluding hydrogens is 248 g/mol. The van der Waals surface area contributed by atoms with Crippen LogP contribution in [0.25, 0.3) is 33.4 Å². The van der Waals surface area contributed by atoms with Crippen molar-refractivity contribution in [2.24, 2.45) is 0 Å². The second kappa shape index (κ2) is 4.42. The second-order valence-electron chi connectivity index (χ2n) is 4.73. The minimum absolute atomic E-state index is 0.891. The van der Waals surface area contributed by atoms with E-state index in [1.165, 1.54) is 10.8 Å². The zero-order valence-corrected chi connectivity index (χ0v) is 10.7. The molecule has 0 spiro atoms. The van der Waals surface area contributed by atoms with Crippen LogP contribution in [0.2, 0.25) is 0 Å². The van der Waals surface area contributed by atoms with Gasteiger partial charge in [0.05, 0.1) is 12.5 Å². The number of rotatable bonds is 2. The Bertz CT molecular complexity index is 767. The van der Waals surface area contributed by atoms with Gasteiger partial charge >= 0.3 is 0 Å². The van der Waals surface area contributed by atoms with E-state index in [4.69, 9.17) is 8.83 Å². The van der Waals surface area contributed by atoms with E-state index in [0.29, 0.717) is 0 Å². The minimum Gasteiger partial charge on any atom is -0.464 e. The smallest absolute Gasteiger partial charge is 0.133 e. The monoisotopic (exact) mass is 260 g/mol. The van der Waals surface area contributed by atoms with E-state index in [9.17, 15) is 0 Å². The van der Waals surface area contributed by atoms with Crippen molar-refractivity contribution in [3.8, 4) is 22.6 Å². The van der Waals surface area contributed by atoms with Crippen LogP contribution in [0, 0.1) is 0 Å². The normalized spacial score (nSPS) is 11.0. The Morgan fingerprint density at radius 3 is 1.45 bits per heavy atom. The Balaban J connectivity index is 1.83. The van der Waals surface area contributed by atoms with Crippen LogP contribution in [0.15, 0.2) is 82.0 Å². The maximum Gasteiger partial charge on any atom is 0.133 e. The summed E-state index contributed by atoms with van der Waals surface area (Å²) in [7, 11) is 0. The number of furan rings is 2. The largest absolute Gasteiger partial charge is 0.464 e. The van der Waals surface area contributed by atoms with Crippen LogP contribution in [0.5, 0.6) is 0 Å². The molecule has 2 aromatic heterocycles. The van der Waals surface area contributed by atoms with E-state index in [1.54, 1.807) is 12.5 Å². The molecule has 4 aromatic rings. The lowest BCUT2D eigenvalue weighted by Crippen LogP contribution is -1.79. The number of benzene rings is 2. The zero-order valence-electron chi connectivity index (χ0n) is 10.7. The van der Waals surface area contributed by atoms with E-state index in [1.807, 2.05) is 24.3 Å². The molecule has 0 radical (unpaired) electrons. The second-order valence-corrected chi connectivity index (χ2v) is 4.73. The van der Waals surface area contributed by atoms with Gasteiger partial charge < -0.3 is 8.83 Å². The van der Waals surface area contributed by atoms with Crippen LogP contribution >= 0.6 is 0 Å². The molecule has 0 unspecified atom stereocenters. The van der Waals surface area contributed by atoms with Gasteiger partial charge in [-0.05, 0) is 47.2 Å². The lowest BCUT2D eigenvalue weighted by Gasteiger charge is -2.03. The van der Waals surface area contributed by atoms with E-state index >= 15 is 0 Å². The molecule has 20 heavy (non-hydrogen) atoms. The van der Waals surface area contributed by atoms with Crippen molar-refractivity contribution in [1.29, 1.82) is 0 Å². The first-order valence-corrected chi connectivity index (χ1v) is 6.52. The molecule has 0 aliphatic carbocycles. The van der Waals surface area contributed by atoms with E-state index < -0.39 is 0 Å². The van der Waals surface area contributed by atoms with Crippen molar-refractivity contribution in [3.05, 3.63) is 73.2 Å². The van der Waals surface area contributed by atoms with Crippen molar-refractivity contribution < 1.29 is 8.83 Å². The van der Waals surface area contributed by atoms with Gasteiger partial charge in [-0.15, -0.1) is 0 Å². The SMILES string of the molecule is c1coc(-c2ccc3cc(-c4ccco4)ccc3c2)c1. The van der Waals surface area contributed by atoms with E-state index in [-0.39, 0.29) is 0 Å². The fraction of sp³-hybridized carbons (Fsp3) is 0. The molecule has 0 atom stereocenters. The zero-order chi connectivity index (χ0) is 13.4. The molecule has 0 aliphatic heterocycles. The Labute approximate surface area is 116 Å². The van der Waals surface area contributed by atoms with Crippen molar-refractivity contribution in [2.45, 2.75) is 0 Å². The van der Waals surface area contributed by atoms with Gasteiger partial charge in [-0.3, -0.25) is 0 Å². The van der Waals surface area contributed by atoms with Crippen LogP contribution in [0.1, 0.15) is 0 Å². The van der Waals surface area contributed by atoms with Gasteiger partial charge in [0.2, 0.25) is 0 Å². The summed E-state index contributed by atoms with van der Waals surface area (Å²) in [5.74, 6) is 1.78. The van der Waals surface area contributed by atoms with Crippen molar-refractivity contribution in [2.75, 3.05) is 0 Å². The Morgan fingerprint density at radius 1 is 0.550 bits per heavy atom. The molecule has 2 heteroatoms. The molecule has 0 saturated heterocycles. The first-order valence-electron chi connectivity index (χ1n) is 6.52. The number of hydrogen-bond acceptors (Lipinski definition) is 2. The standard InChI is InChI=1S/C18H12O2/c1-3-17(19-9-1)15-7-5-14-12-16(8-6-13(14)11-15)18-4-2-10-20-18/h1-12H.